The highest BCUT2D eigenvalue weighted by molar-refractivity contribution is 5.76. The average Bonchev–Trinajstić information content (AvgIpc) is 1.69. The highest BCUT2D eigenvalue weighted by atomic mass is 16.4. The maximum atomic E-state index is 9.14. The predicted molar refractivity (Wildman–Crippen MR) is 20.2 cm³/mol. The van der Waals surface area contributed by atoms with Crippen molar-refractivity contribution in [2.24, 2.45) is 0 Å². The summed E-state index contributed by atoms with van der Waals surface area (Å²) < 4.78 is 0. The molecule has 0 aromatic carbocycles. The van der Waals surface area contributed by atoms with E-state index in [2.05, 4.69) is 6.58 Å². The van der Waals surface area contributed by atoms with Gasteiger partial charge in [-0.15, -0.1) is 0 Å². The Hall–Kier alpha value is -1.41. The first kappa shape index (κ1) is 9.77. The topological polar surface area (TPSA) is 74.3 Å². The van der Waals surface area contributed by atoms with Crippen molar-refractivity contribution < 1.29 is 19.5 Å². The Morgan fingerprint density at radius 3 is 1.75 bits per heavy atom. The van der Waals surface area contributed by atoms with Crippen molar-refractivity contribution in [3.05, 3.63) is 12.7 Å². The monoisotopic (exact) mass is 115 g/mol. The summed E-state index contributed by atoms with van der Waals surface area (Å²) in [6.07, 6.45) is 0.972. The lowest BCUT2D eigenvalue weighted by Gasteiger charge is -1.81. The van der Waals surface area contributed by atoms with Gasteiger partial charge in [-0.05, 0) is 6.08 Å². The fraction of sp³-hybridized carbons (Fsp3) is 0. The molecule has 0 saturated carbocycles. The molecule has 44 valence electrons. The number of hydrogen-bond donors (Lipinski definition) is 0. The van der Waals surface area contributed by atoms with Crippen LogP contribution in [-0.4, -0.2) is 12.1 Å². The molecule has 0 fully saturated rings. The third kappa shape index (κ3) is 170. The average molecular weight is 115 g/mol. The molecule has 0 unspecified atom stereocenters. The molecule has 8 heavy (non-hydrogen) atoms. The summed E-state index contributed by atoms with van der Waals surface area (Å²) in [5.74, 6) is -1.23. The van der Waals surface area contributed by atoms with Crippen molar-refractivity contribution >= 4 is 12.1 Å². The number of carbonyl (C=O) groups is 1. The second-order valence-electron chi connectivity index (χ2n) is 0.606. The van der Waals surface area contributed by atoms with Crippen molar-refractivity contribution in [3.63, 3.8) is 0 Å². The van der Waals surface area contributed by atoms with Gasteiger partial charge in [0, 0.05) is 0 Å². The molecule has 0 bridgehead atoms. The van der Waals surface area contributed by atoms with Gasteiger partial charge in [0.25, 0.3) is 0 Å². The Kier molecular flexibility index (Phi) is 11.2. The second-order valence-corrected chi connectivity index (χ2v) is 0.606. The van der Waals surface area contributed by atoms with Gasteiger partial charge in [0.1, 0.15) is 0 Å². The Labute approximate surface area is 45.4 Å². The van der Waals surface area contributed by atoms with Gasteiger partial charge in [-0.2, -0.15) is 9.59 Å². The minimum absolute atomic E-state index is 0.250. The Morgan fingerprint density at radius 2 is 1.75 bits per heavy atom. The highest BCUT2D eigenvalue weighted by Crippen LogP contribution is 1.47. The van der Waals surface area contributed by atoms with E-state index in [1.807, 2.05) is 0 Å². The molecule has 0 aliphatic carbocycles. The summed E-state index contributed by atoms with van der Waals surface area (Å²) >= 11 is 0. The van der Waals surface area contributed by atoms with E-state index in [0.717, 1.165) is 6.08 Å². The number of hydrogen-bond acceptors (Lipinski definition) is 4. The van der Waals surface area contributed by atoms with Gasteiger partial charge in [-0.25, -0.2) is 0 Å². The van der Waals surface area contributed by atoms with Crippen LogP contribution in [-0.2, 0) is 14.4 Å². The Bertz CT molecular complexity index is 109. The largest absolute Gasteiger partial charge is 0.545 e. The van der Waals surface area contributed by atoms with Gasteiger partial charge >= 0.3 is 6.15 Å². The van der Waals surface area contributed by atoms with Crippen molar-refractivity contribution in [1.82, 2.24) is 0 Å². The van der Waals surface area contributed by atoms with Gasteiger partial charge in [-0.1, -0.05) is 6.58 Å². The smallest absolute Gasteiger partial charge is 0.373 e. The zero-order chi connectivity index (χ0) is 6.99. The molecule has 0 amide bonds. The minimum atomic E-state index is -1.23. The van der Waals surface area contributed by atoms with Crippen LogP contribution in [0.15, 0.2) is 12.7 Å². The zero-order valence-electron chi connectivity index (χ0n) is 3.92. The van der Waals surface area contributed by atoms with Crippen LogP contribution in [0.25, 0.3) is 0 Å². The van der Waals surface area contributed by atoms with E-state index < -0.39 is 5.97 Å². The molecule has 0 aromatic heterocycles. The first-order chi connectivity index (χ1) is 3.68. The molecule has 0 atom stereocenters. The summed E-state index contributed by atoms with van der Waals surface area (Å²) in [7, 11) is 0. The molecule has 0 saturated heterocycles. The standard InChI is InChI=1S/C3H4O2.CO2/c1-2-3(4)5;2-1-3/h2H,1H2,(H,4,5);/p-1. The minimum Gasteiger partial charge on any atom is -0.545 e. The van der Waals surface area contributed by atoms with Crippen molar-refractivity contribution in [1.29, 1.82) is 0 Å². The van der Waals surface area contributed by atoms with Gasteiger partial charge in [0.05, 0.1) is 5.97 Å². The zero-order valence-corrected chi connectivity index (χ0v) is 3.92. The van der Waals surface area contributed by atoms with Gasteiger partial charge in [0.15, 0.2) is 0 Å². The van der Waals surface area contributed by atoms with Crippen molar-refractivity contribution in [2.45, 2.75) is 0 Å². The van der Waals surface area contributed by atoms with E-state index in [4.69, 9.17) is 19.5 Å². The van der Waals surface area contributed by atoms with Crippen LogP contribution in [0.1, 0.15) is 0 Å². The van der Waals surface area contributed by atoms with Crippen LogP contribution < -0.4 is 5.11 Å². The van der Waals surface area contributed by atoms with E-state index in [1.165, 1.54) is 0 Å². The summed E-state index contributed by atoms with van der Waals surface area (Å²) in [6.45, 7) is 2.90. The molecule has 0 aromatic rings. The third-order valence-corrected chi connectivity index (χ3v) is 0.167. The van der Waals surface area contributed by atoms with Crippen molar-refractivity contribution in [3.8, 4) is 0 Å². The molecule has 0 N–H and O–H groups in total. The molecule has 0 spiro atoms. The van der Waals surface area contributed by atoms with Gasteiger partial charge in [-0.3, -0.25) is 0 Å². The predicted octanol–water partition coefficient (Wildman–Crippen LogP) is -1.66. The van der Waals surface area contributed by atoms with Crippen LogP contribution in [0.4, 0.5) is 0 Å². The lowest BCUT2D eigenvalue weighted by atomic mass is 10.7. The molecule has 4 nitrogen and oxygen atoms in total. The van der Waals surface area contributed by atoms with E-state index >= 15 is 0 Å². The van der Waals surface area contributed by atoms with E-state index in [1.54, 1.807) is 0 Å². The number of carbonyl (C=O) groups excluding carboxylic acids is 3. The number of aliphatic carboxylic acids is 1. The first-order valence-corrected chi connectivity index (χ1v) is 1.51. The Morgan fingerprint density at radius 1 is 1.62 bits per heavy atom. The maximum Gasteiger partial charge on any atom is 0.373 e. The lowest BCUT2D eigenvalue weighted by Crippen LogP contribution is -2.17. The normalized spacial score (nSPS) is 5.00. The second kappa shape index (κ2) is 9.14. The SMILES string of the molecule is C=CC(=O)[O-].O=C=O. The summed E-state index contributed by atoms with van der Waals surface area (Å²) in [6, 6.07) is 0. The number of rotatable bonds is 1. The molecular formula is C4H3O4-. The Balaban J connectivity index is 0. The van der Waals surface area contributed by atoms with Gasteiger partial charge < -0.3 is 9.90 Å². The van der Waals surface area contributed by atoms with Crippen LogP contribution in [0.3, 0.4) is 0 Å². The fourth-order valence-electron chi connectivity index (χ4n) is 0. The molecule has 0 heterocycles. The van der Waals surface area contributed by atoms with Gasteiger partial charge in [0.2, 0.25) is 0 Å². The van der Waals surface area contributed by atoms with Crippen LogP contribution >= 0.6 is 0 Å². The summed E-state index contributed by atoms with van der Waals surface area (Å²) in [5, 5.41) is 9.14. The molecule has 0 rings (SSSR count). The summed E-state index contributed by atoms with van der Waals surface area (Å²) in [4.78, 5) is 25.4. The molecule has 4 heteroatoms. The highest BCUT2D eigenvalue weighted by Gasteiger charge is 1.55. The molecular weight excluding hydrogens is 112 g/mol. The first-order valence-electron chi connectivity index (χ1n) is 1.51. The summed E-state index contributed by atoms with van der Waals surface area (Å²) in [5.41, 5.74) is 0. The fourth-order valence-corrected chi connectivity index (χ4v) is 0. The maximum absolute atomic E-state index is 9.14. The molecule has 0 aliphatic rings. The van der Waals surface area contributed by atoms with Crippen LogP contribution in [0.2, 0.25) is 0 Å². The van der Waals surface area contributed by atoms with Crippen molar-refractivity contribution in [2.75, 3.05) is 0 Å². The number of carboxylic acids is 1. The van der Waals surface area contributed by atoms with E-state index in [9.17, 15) is 0 Å². The van der Waals surface area contributed by atoms with Crippen LogP contribution in [0, 0.1) is 0 Å². The quantitative estimate of drug-likeness (QED) is 0.383. The molecule has 0 aliphatic heterocycles. The van der Waals surface area contributed by atoms with E-state index in [0.29, 0.717) is 0 Å². The van der Waals surface area contributed by atoms with E-state index in [-0.39, 0.29) is 6.15 Å². The third-order valence-electron chi connectivity index (χ3n) is 0.167. The molecule has 0 radical (unpaired) electrons. The lowest BCUT2D eigenvalue weighted by molar-refractivity contribution is -0.297. The van der Waals surface area contributed by atoms with Crippen LogP contribution in [0.5, 0.6) is 0 Å². The number of carboxylic acid groups (broad SMARTS) is 1.